The van der Waals surface area contributed by atoms with Crippen molar-refractivity contribution >= 4 is 33.9 Å². The fraction of sp³-hybridized carbons (Fsp3) is 0.111. The Hall–Kier alpha value is -4.32. The van der Waals surface area contributed by atoms with Gasteiger partial charge in [0.1, 0.15) is 29.1 Å². The summed E-state index contributed by atoms with van der Waals surface area (Å²) in [5, 5.41) is 13.2. The number of aliphatic hydroxyl groups is 1. The Kier molecular flexibility index (Phi) is 4.98. The minimum absolute atomic E-state index is 0.0319. The Morgan fingerprint density at radius 2 is 1.67 bits per heavy atom. The molecular weight excluding hydrogens is 418 g/mol. The molecule has 1 saturated heterocycles. The van der Waals surface area contributed by atoms with E-state index in [4.69, 9.17) is 9.15 Å². The van der Waals surface area contributed by atoms with Crippen LogP contribution in [-0.2, 0) is 9.59 Å². The normalized spacial score (nSPS) is 17.6. The van der Waals surface area contributed by atoms with Gasteiger partial charge in [0.15, 0.2) is 0 Å². The van der Waals surface area contributed by atoms with Crippen LogP contribution >= 0.6 is 0 Å². The van der Waals surface area contributed by atoms with Gasteiger partial charge in [-0.3, -0.25) is 14.5 Å². The number of ketones is 1. The lowest BCUT2D eigenvalue weighted by molar-refractivity contribution is -0.132. The summed E-state index contributed by atoms with van der Waals surface area (Å²) < 4.78 is 11.3. The molecule has 1 aromatic heterocycles. The number of rotatable bonds is 4. The number of methoxy groups -OCH3 is 1. The number of aliphatic hydroxyl groups excluding tert-OH is 1. The number of benzene rings is 3. The second-order valence-electron chi connectivity index (χ2n) is 7.85. The Bertz CT molecular complexity index is 1430. The number of hydrogen-bond acceptors (Lipinski definition) is 5. The largest absolute Gasteiger partial charge is 0.507 e. The molecule has 1 N–H and O–H groups in total. The number of anilines is 1. The number of fused-ring (bicyclic) bond motifs is 1. The first-order valence-corrected chi connectivity index (χ1v) is 10.5. The number of furan rings is 1. The third kappa shape index (κ3) is 3.36. The average Bonchev–Trinajstić information content (AvgIpc) is 3.38. The van der Waals surface area contributed by atoms with Crippen LogP contribution in [0.2, 0.25) is 0 Å². The van der Waals surface area contributed by atoms with Crippen LogP contribution in [0.5, 0.6) is 5.75 Å². The molecule has 0 saturated carbocycles. The molecule has 0 bridgehead atoms. The van der Waals surface area contributed by atoms with Gasteiger partial charge < -0.3 is 14.3 Å². The van der Waals surface area contributed by atoms with E-state index >= 15 is 0 Å². The van der Waals surface area contributed by atoms with E-state index in [0.717, 1.165) is 10.8 Å². The van der Waals surface area contributed by atoms with E-state index < -0.39 is 17.7 Å². The van der Waals surface area contributed by atoms with Crippen molar-refractivity contribution in [3.05, 3.63) is 102 Å². The number of para-hydroxylation sites is 2. The van der Waals surface area contributed by atoms with Crippen LogP contribution in [0.1, 0.15) is 23.1 Å². The van der Waals surface area contributed by atoms with Gasteiger partial charge in [-0.05, 0) is 48.0 Å². The van der Waals surface area contributed by atoms with Gasteiger partial charge in [-0.2, -0.15) is 0 Å². The molecule has 2 heterocycles. The van der Waals surface area contributed by atoms with E-state index in [2.05, 4.69) is 0 Å². The van der Waals surface area contributed by atoms with Crippen molar-refractivity contribution in [1.29, 1.82) is 0 Å². The standard InChI is InChI=1S/C27H21NO5/c1-16-11-14-22(33-16)24-23(25(29)19-13-12-17-7-3-4-8-18(17)15-19)26(30)27(31)28(24)20-9-5-6-10-21(20)32-2/h3-15,24,29H,1-2H3/b25-23-. The van der Waals surface area contributed by atoms with Gasteiger partial charge in [0, 0.05) is 5.56 Å². The third-order valence-corrected chi connectivity index (χ3v) is 5.84. The number of carbonyl (C=O) groups excluding carboxylic acids is 2. The number of Topliss-reactive ketones (excluding diaryl/α,β-unsaturated/α-hetero) is 1. The highest BCUT2D eigenvalue weighted by molar-refractivity contribution is 6.51. The number of ether oxygens (including phenoxy) is 1. The predicted molar refractivity (Wildman–Crippen MR) is 125 cm³/mol. The monoisotopic (exact) mass is 439 g/mol. The predicted octanol–water partition coefficient (Wildman–Crippen LogP) is 5.38. The van der Waals surface area contributed by atoms with Crippen molar-refractivity contribution < 1.29 is 23.8 Å². The van der Waals surface area contributed by atoms with Gasteiger partial charge in [-0.1, -0.05) is 48.5 Å². The lowest BCUT2D eigenvalue weighted by atomic mass is 9.97. The second-order valence-corrected chi connectivity index (χ2v) is 7.85. The molecule has 1 amide bonds. The summed E-state index contributed by atoms with van der Waals surface area (Å²) in [6.45, 7) is 1.78. The van der Waals surface area contributed by atoms with E-state index in [1.807, 2.05) is 30.3 Å². The van der Waals surface area contributed by atoms with Crippen LogP contribution in [0.15, 0.2) is 88.9 Å². The van der Waals surface area contributed by atoms with E-state index in [-0.39, 0.29) is 11.3 Å². The maximum Gasteiger partial charge on any atom is 0.300 e. The molecule has 0 aliphatic carbocycles. The molecule has 1 unspecified atom stereocenters. The van der Waals surface area contributed by atoms with Gasteiger partial charge in [0.05, 0.1) is 18.4 Å². The van der Waals surface area contributed by atoms with Crippen molar-refractivity contribution in [2.24, 2.45) is 0 Å². The van der Waals surface area contributed by atoms with Gasteiger partial charge >= 0.3 is 0 Å². The molecule has 6 heteroatoms. The summed E-state index contributed by atoms with van der Waals surface area (Å²) >= 11 is 0. The van der Waals surface area contributed by atoms with Crippen molar-refractivity contribution in [3.8, 4) is 5.75 Å². The van der Waals surface area contributed by atoms with Gasteiger partial charge in [0.2, 0.25) is 0 Å². The summed E-state index contributed by atoms with van der Waals surface area (Å²) in [4.78, 5) is 27.8. The maximum atomic E-state index is 13.3. The van der Waals surface area contributed by atoms with Crippen LogP contribution in [0, 0.1) is 6.92 Å². The maximum absolute atomic E-state index is 13.3. The van der Waals surface area contributed by atoms with Crippen LogP contribution in [0.3, 0.4) is 0 Å². The zero-order chi connectivity index (χ0) is 23.1. The molecule has 33 heavy (non-hydrogen) atoms. The highest BCUT2D eigenvalue weighted by Crippen LogP contribution is 2.45. The van der Waals surface area contributed by atoms with Crippen LogP contribution in [0.25, 0.3) is 16.5 Å². The van der Waals surface area contributed by atoms with Gasteiger partial charge in [-0.25, -0.2) is 0 Å². The van der Waals surface area contributed by atoms with Crippen molar-refractivity contribution in [1.82, 2.24) is 0 Å². The Morgan fingerprint density at radius 3 is 2.39 bits per heavy atom. The summed E-state index contributed by atoms with van der Waals surface area (Å²) in [6.07, 6.45) is 0. The molecule has 3 aromatic carbocycles. The highest BCUT2D eigenvalue weighted by atomic mass is 16.5. The smallest absolute Gasteiger partial charge is 0.300 e. The Morgan fingerprint density at radius 1 is 0.939 bits per heavy atom. The van der Waals surface area contributed by atoms with Crippen molar-refractivity contribution in [2.75, 3.05) is 12.0 Å². The lowest BCUT2D eigenvalue weighted by Gasteiger charge is -2.25. The van der Waals surface area contributed by atoms with E-state index in [9.17, 15) is 14.7 Å². The molecule has 0 radical (unpaired) electrons. The first-order valence-electron chi connectivity index (χ1n) is 10.5. The lowest BCUT2D eigenvalue weighted by Crippen LogP contribution is -2.29. The summed E-state index contributed by atoms with van der Waals surface area (Å²) in [5.74, 6) is -0.373. The van der Waals surface area contributed by atoms with Crippen LogP contribution < -0.4 is 9.64 Å². The Balaban J connectivity index is 1.74. The topological polar surface area (TPSA) is 80.0 Å². The molecule has 1 atom stereocenters. The minimum Gasteiger partial charge on any atom is -0.507 e. The molecule has 1 fully saturated rings. The van der Waals surface area contributed by atoms with Crippen LogP contribution in [0.4, 0.5) is 5.69 Å². The van der Waals surface area contributed by atoms with Gasteiger partial charge in [0.25, 0.3) is 11.7 Å². The van der Waals surface area contributed by atoms with E-state index in [1.165, 1.54) is 12.0 Å². The molecule has 1 aliphatic heterocycles. The highest BCUT2D eigenvalue weighted by Gasteiger charge is 2.49. The molecule has 4 aromatic rings. The molecule has 6 nitrogen and oxygen atoms in total. The molecule has 0 spiro atoms. The summed E-state index contributed by atoms with van der Waals surface area (Å²) in [7, 11) is 1.50. The summed E-state index contributed by atoms with van der Waals surface area (Å²) in [6, 6.07) is 22.6. The third-order valence-electron chi connectivity index (χ3n) is 5.84. The first-order chi connectivity index (χ1) is 16.0. The number of hydrogen-bond donors (Lipinski definition) is 1. The molecule has 5 rings (SSSR count). The zero-order valence-corrected chi connectivity index (χ0v) is 18.1. The van der Waals surface area contributed by atoms with E-state index in [1.54, 1.807) is 55.5 Å². The zero-order valence-electron chi connectivity index (χ0n) is 18.1. The minimum atomic E-state index is -0.943. The number of aryl methyl sites for hydroxylation is 1. The quantitative estimate of drug-likeness (QED) is 0.262. The summed E-state index contributed by atoms with van der Waals surface area (Å²) in [5.41, 5.74) is 0.828. The molecule has 164 valence electrons. The van der Waals surface area contributed by atoms with Gasteiger partial charge in [-0.15, -0.1) is 0 Å². The fourth-order valence-electron chi connectivity index (χ4n) is 4.27. The fourth-order valence-corrected chi connectivity index (χ4v) is 4.27. The van der Waals surface area contributed by atoms with Crippen molar-refractivity contribution in [2.45, 2.75) is 13.0 Å². The number of nitrogens with zero attached hydrogens (tertiary/aromatic N) is 1. The molecular formula is C27H21NO5. The first kappa shape index (κ1) is 20.6. The van der Waals surface area contributed by atoms with Crippen molar-refractivity contribution in [3.63, 3.8) is 0 Å². The average molecular weight is 439 g/mol. The second kappa shape index (κ2) is 7.98. The molecule has 1 aliphatic rings. The van der Waals surface area contributed by atoms with E-state index in [0.29, 0.717) is 28.5 Å². The number of carbonyl (C=O) groups is 2. The van der Waals surface area contributed by atoms with Crippen LogP contribution in [-0.4, -0.2) is 23.9 Å². The SMILES string of the molecule is COc1ccccc1N1C(=O)C(=O)/C(=C(\O)c2ccc3ccccc3c2)C1c1ccc(C)o1. The number of amides is 1. The Labute approximate surface area is 190 Å².